The van der Waals surface area contributed by atoms with E-state index in [2.05, 4.69) is 44.9 Å². The van der Waals surface area contributed by atoms with Gasteiger partial charge in [0.1, 0.15) is 23.8 Å². The van der Waals surface area contributed by atoms with E-state index in [1.54, 1.807) is 12.1 Å². The number of halogens is 1. The zero-order chi connectivity index (χ0) is 18.0. The van der Waals surface area contributed by atoms with E-state index in [1.165, 1.54) is 18.0 Å². The molecule has 0 atom stereocenters. The molecule has 3 rings (SSSR count). The highest BCUT2D eigenvalue weighted by Crippen LogP contribution is 2.11. The van der Waals surface area contributed by atoms with Gasteiger partial charge in [-0.15, -0.1) is 0 Å². The van der Waals surface area contributed by atoms with Gasteiger partial charge in [-0.2, -0.15) is 0 Å². The molecule has 26 heavy (non-hydrogen) atoms. The molecule has 1 heterocycles. The first-order chi connectivity index (χ1) is 12.8. The summed E-state index contributed by atoms with van der Waals surface area (Å²) in [4.78, 5) is 8.45. The van der Waals surface area contributed by atoms with Crippen molar-refractivity contribution in [3.8, 4) is 0 Å². The predicted octanol–water partition coefficient (Wildman–Crippen LogP) is 4.32. The lowest BCUT2D eigenvalue weighted by atomic mass is 10.1. The van der Waals surface area contributed by atoms with Gasteiger partial charge in [0.25, 0.3) is 0 Å². The van der Waals surface area contributed by atoms with Gasteiger partial charge in [-0.05, 0) is 36.5 Å². The number of rotatable bonds is 9. The largest absolute Gasteiger partial charge is 0.370 e. The third kappa shape index (κ3) is 5.55. The summed E-state index contributed by atoms with van der Waals surface area (Å²) < 4.78 is 13.6. The van der Waals surface area contributed by atoms with E-state index >= 15 is 0 Å². The van der Waals surface area contributed by atoms with Crippen molar-refractivity contribution in [2.24, 2.45) is 0 Å². The molecule has 0 aliphatic heterocycles. The molecule has 2 N–H and O–H groups in total. The van der Waals surface area contributed by atoms with E-state index in [9.17, 15) is 4.39 Å². The van der Waals surface area contributed by atoms with Crippen LogP contribution in [0, 0.1) is 5.82 Å². The zero-order valence-corrected chi connectivity index (χ0v) is 14.7. The molecule has 0 amide bonds. The van der Waals surface area contributed by atoms with Crippen LogP contribution >= 0.6 is 0 Å². The maximum Gasteiger partial charge on any atom is 0.131 e. The smallest absolute Gasteiger partial charge is 0.131 e. The Bertz CT molecular complexity index is 808. The van der Waals surface area contributed by atoms with Crippen molar-refractivity contribution in [3.05, 3.63) is 83.9 Å². The van der Waals surface area contributed by atoms with Gasteiger partial charge < -0.3 is 10.6 Å². The SMILES string of the molecule is Fc1ccccc1CCNc1cc(NCCCc2ccccc2)ncn1. The van der Waals surface area contributed by atoms with Crippen molar-refractivity contribution in [1.29, 1.82) is 0 Å². The molecule has 0 bridgehead atoms. The van der Waals surface area contributed by atoms with Crippen molar-refractivity contribution in [3.63, 3.8) is 0 Å². The minimum atomic E-state index is -0.169. The van der Waals surface area contributed by atoms with Crippen LogP contribution in [0.5, 0.6) is 0 Å². The molecular formula is C21H23FN4. The maximum atomic E-state index is 13.6. The second kappa shape index (κ2) is 9.51. The number of anilines is 2. The topological polar surface area (TPSA) is 49.8 Å². The monoisotopic (exact) mass is 350 g/mol. The number of aryl methyl sites for hydroxylation is 1. The van der Waals surface area contributed by atoms with Gasteiger partial charge >= 0.3 is 0 Å². The van der Waals surface area contributed by atoms with Crippen LogP contribution in [0.2, 0.25) is 0 Å². The normalized spacial score (nSPS) is 10.5. The molecule has 1 aromatic heterocycles. The molecule has 0 saturated carbocycles. The summed E-state index contributed by atoms with van der Waals surface area (Å²) in [6, 6.07) is 19.2. The van der Waals surface area contributed by atoms with Crippen molar-refractivity contribution >= 4 is 11.6 Å². The third-order valence-electron chi connectivity index (χ3n) is 4.12. The number of nitrogens with one attached hydrogen (secondary N) is 2. The quantitative estimate of drug-likeness (QED) is 0.565. The van der Waals surface area contributed by atoms with Crippen LogP contribution in [0.3, 0.4) is 0 Å². The Balaban J connectivity index is 1.42. The maximum absolute atomic E-state index is 13.6. The van der Waals surface area contributed by atoms with Gasteiger partial charge in [0, 0.05) is 19.2 Å². The molecule has 0 unspecified atom stereocenters. The lowest BCUT2D eigenvalue weighted by molar-refractivity contribution is 0.610. The molecule has 0 radical (unpaired) electrons. The minimum absolute atomic E-state index is 0.169. The highest BCUT2D eigenvalue weighted by atomic mass is 19.1. The van der Waals surface area contributed by atoms with E-state index in [4.69, 9.17) is 0 Å². The van der Waals surface area contributed by atoms with E-state index in [1.807, 2.05) is 18.2 Å². The Labute approximate surface area is 153 Å². The molecule has 4 nitrogen and oxygen atoms in total. The summed E-state index contributed by atoms with van der Waals surface area (Å²) in [6.45, 7) is 1.46. The molecule has 0 aliphatic rings. The summed E-state index contributed by atoms with van der Waals surface area (Å²) in [6.07, 6.45) is 4.21. The molecule has 134 valence electrons. The fraction of sp³-hybridized carbons (Fsp3) is 0.238. The van der Waals surface area contributed by atoms with E-state index < -0.39 is 0 Å². The molecular weight excluding hydrogens is 327 g/mol. The lowest BCUT2D eigenvalue weighted by Crippen LogP contribution is -2.09. The first-order valence-electron chi connectivity index (χ1n) is 8.88. The summed E-state index contributed by atoms with van der Waals surface area (Å²) >= 11 is 0. The van der Waals surface area contributed by atoms with Crippen LogP contribution in [0.25, 0.3) is 0 Å². The summed E-state index contributed by atoms with van der Waals surface area (Å²) in [7, 11) is 0. The average molecular weight is 350 g/mol. The number of hydrogen-bond donors (Lipinski definition) is 2. The standard InChI is InChI=1S/C21H23FN4/c22-19-11-5-4-10-18(19)12-14-24-21-15-20(25-16-26-21)23-13-6-9-17-7-2-1-3-8-17/h1-5,7-8,10-11,15-16H,6,9,12-14H2,(H2,23,24,25,26). The van der Waals surface area contributed by atoms with E-state index in [-0.39, 0.29) is 5.82 Å². The molecule has 3 aromatic rings. The fourth-order valence-corrected chi connectivity index (χ4v) is 2.73. The molecule has 0 spiro atoms. The Morgan fingerprint density at radius 2 is 1.46 bits per heavy atom. The highest BCUT2D eigenvalue weighted by Gasteiger charge is 2.02. The second-order valence-corrected chi connectivity index (χ2v) is 6.07. The number of benzene rings is 2. The van der Waals surface area contributed by atoms with Crippen LogP contribution in [-0.4, -0.2) is 23.1 Å². The van der Waals surface area contributed by atoms with Crippen molar-refractivity contribution in [2.45, 2.75) is 19.3 Å². The first kappa shape index (κ1) is 17.9. The molecule has 2 aromatic carbocycles. The van der Waals surface area contributed by atoms with Crippen LogP contribution in [0.4, 0.5) is 16.0 Å². The molecule has 5 heteroatoms. The third-order valence-corrected chi connectivity index (χ3v) is 4.12. The molecule has 0 fully saturated rings. The zero-order valence-electron chi connectivity index (χ0n) is 14.7. The summed E-state index contributed by atoms with van der Waals surface area (Å²) in [5.41, 5.74) is 2.04. The highest BCUT2D eigenvalue weighted by molar-refractivity contribution is 5.46. The Kier molecular flexibility index (Phi) is 6.53. The van der Waals surface area contributed by atoms with Gasteiger partial charge in [0.2, 0.25) is 0 Å². The van der Waals surface area contributed by atoms with Crippen molar-refractivity contribution < 1.29 is 4.39 Å². The lowest BCUT2D eigenvalue weighted by Gasteiger charge is -2.09. The van der Waals surface area contributed by atoms with Crippen molar-refractivity contribution in [1.82, 2.24) is 9.97 Å². The van der Waals surface area contributed by atoms with Crippen LogP contribution in [0.15, 0.2) is 67.0 Å². The summed E-state index contributed by atoms with van der Waals surface area (Å²) in [5.74, 6) is 1.36. The Hall–Kier alpha value is -2.95. The number of hydrogen-bond acceptors (Lipinski definition) is 4. The van der Waals surface area contributed by atoms with E-state index in [0.29, 0.717) is 18.5 Å². The predicted molar refractivity (Wildman–Crippen MR) is 104 cm³/mol. The Morgan fingerprint density at radius 3 is 2.23 bits per heavy atom. The number of aromatic nitrogens is 2. The van der Waals surface area contributed by atoms with E-state index in [0.717, 1.165) is 31.0 Å². The number of nitrogens with zero attached hydrogens (tertiary/aromatic N) is 2. The summed E-state index contributed by atoms with van der Waals surface area (Å²) in [5, 5.41) is 6.54. The first-order valence-corrected chi connectivity index (χ1v) is 8.88. The van der Waals surface area contributed by atoms with Gasteiger partial charge in [-0.3, -0.25) is 0 Å². The van der Waals surface area contributed by atoms with Gasteiger partial charge in [0.15, 0.2) is 0 Å². The second-order valence-electron chi connectivity index (χ2n) is 6.07. The molecule has 0 aliphatic carbocycles. The van der Waals surface area contributed by atoms with Crippen LogP contribution in [-0.2, 0) is 12.8 Å². The van der Waals surface area contributed by atoms with Crippen LogP contribution in [0.1, 0.15) is 17.5 Å². The van der Waals surface area contributed by atoms with Gasteiger partial charge in [0.05, 0.1) is 0 Å². The molecule has 0 saturated heterocycles. The fourth-order valence-electron chi connectivity index (χ4n) is 2.73. The van der Waals surface area contributed by atoms with Gasteiger partial charge in [-0.25, -0.2) is 14.4 Å². The van der Waals surface area contributed by atoms with Gasteiger partial charge in [-0.1, -0.05) is 48.5 Å². The van der Waals surface area contributed by atoms with Crippen LogP contribution < -0.4 is 10.6 Å². The average Bonchev–Trinajstić information content (AvgIpc) is 2.68. The van der Waals surface area contributed by atoms with Crippen molar-refractivity contribution in [2.75, 3.05) is 23.7 Å². The minimum Gasteiger partial charge on any atom is -0.370 e. The Morgan fingerprint density at radius 1 is 0.769 bits per heavy atom.